The van der Waals surface area contributed by atoms with E-state index in [0.717, 1.165) is 25.9 Å². The Morgan fingerprint density at radius 2 is 1.90 bits per heavy atom. The van der Waals surface area contributed by atoms with Gasteiger partial charge in [0.05, 0.1) is 7.11 Å². The third-order valence-corrected chi connectivity index (χ3v) is 1.54. The third kappa shape index (κ3) is 2.06. The number of carbonyl (C=O) groups is 1. The Morgan fingerprint density at radius 1 is 1.40 bits per heavy atom. The third-order valence-electron chi connectivity index (χ3n) is 1.54. The summed E-state index contributed by atoms with van der Waals surface area (Å²) in [6.45, 7) is 1.74. The van der Waals surface area contributed by atoms with Crippen molar-refractivity contribution in [2.75, 3.05) is 20.2 Å². The predicted octanol–water partition coefficient (Wildman–Crippen LogP) is 1.27. The largest absolute Gasteiger partial charge is 0.453 e. The van der Waals surface area contributed by atoms with Crippen molar-refractivity contribution in [1.82, 2.24) is 4.90 Å². The summed E-state index contributed by atoms with van der Waals surface area (Å²) in [6, 6.07) is 0. The molecule has 0 unspecified atom stereocenters. The highest BCUT2D eigenvalue weighted by molar-refractivity contribution is 5.85. The Kier molecular flexibility index (Phi) is 4.19. The van der Waals surface area contributed by atoms with Crippen LogP contribution in [-0.2, 0) is 4.74 Å². The van der Waals surface area contributed by atoms with E-state index in [1.165, 1.54) is 7.11 Å². The first-order valence-electron chi connectivity index (χ1n) is 3.17. The number of methoxy groups -OCH3 is 1. The van der Waals surface area contributed by atoms with E-state index in [9.17, 15) is 4.79 Å². The molecule has 0 radical (unpaired) electrons. The molecule has 1 aliphatic rings. The van der Waals surface area contributed by atoms with Gasteiger partial charge >= 0.3 is 6.09 Å². The first-order chi connectivity index (χ1) is 4.34. The van der Waals surface area contributed by atoms with Crippen LogP contribution in [0.25, 0.3) is 0 Å². The minimum atomic E-state index is -0.187. The van der Waals surface area contributed by atoms with Gasteiger partial charge in [0.1, 0.15) is 0 Å². The SMILES string of the molecule is COC(=O)N1CCCC1.Cl. The van der Waals surface area contributed by atoms with E-state index in [0.29, 0.717) is 0 Å². The van der Waals surface area contributed by atoms with E-state index in [1.54, 1.807) is 4.90 Å². The van der Waals surface area contributed by atoms with Gasteiger partial charge in [-0.05, 0) is 12.8 Å². The maximum Gasteiger partial charge on any atom is 0.409 e. The zero-order valence-electron chi connectivity index (χ0n) is 6.00. The molecule has 1 saturated heterocycles. The highest BCUT2D eigenvalue weighted by Gasteiger charge is 2.17. The van der Waals surface area contributed by atoms with Crippen molar-refractivity contribution in [3.63, 3.8) is 0 Å². The summed E-state index contributed by atoms with van der Waals surface area (Å²) in [5, 5.41) is 0. The molecule has 0 spiro atoms. The molecule has 10 heavy (non-hydrogen) atoms. The molecule has 1 rings (SSSR count). The van der Waals surface area contributed by atoms with Crippen molar-refractivity contribution in [1.29, 1.82) is 0 Å². The van der Waals surface area contributed by atoms with Gasteiger partial charge in [0.2, 0.25) is 0 Å². The minimum absolute atomic E-state index is 0. The number of halogens is 1. The lowest BCUT2D eigenvalue weighted by atomic mass is 10.4. The number of rotatable bonds is 0. The van der Waals surface area contributed by atoms with Gasteiger partial charge in [0.25, 0.3) is 0 Å². The monoisotopic (exact) mass is 165 g/mol. The van der Waals surface area contributed by atoms with E-state index in [-0.39, 0.29) is 18.5 Å². The van der Waals surface area contributed by atoms with Crippen LogP contribution in [0.3, 0.4) is 0 Å². The normalized spacial score (nSPS) is 16.3. The van der Waals surface area contributed by atoms with E-state index in [4.69, 9.17) is 0 Å². The van der Waals surface area contributed by atoms with Crippen LogP contribution in [0, 0.1) is 0 Å². The van der Waals surface area contributed by atoms with Crippen LogP contribution in [0.15, 0.2) is 0 Å². The van der Waals surface area contributed by atoms with Crippen molar-refractivity contribution in [3.05, 3.63) is 0 Å². The van der Waals surface area contributed by atoms with Crippen molar-refractivity contribution in [2.45, 2.75) is 12.8 Å². The molecule has 1 aliphatic heterocycles. The van der Waals surface area contributed by atoms with Gasteiger partial charge in [0.15, 0.2) is 0 Å². The van der Waals surface area contributed by atoms with Crippen molar-refractivity contribution in [2.24, 2.45) is 0 Å². The summed E-state index contributed by atoms with van der Waals surface area (Å²) in [7, 11) is 1.42. The molecule has 3 nitrogen and oxygen atoms in total. The predicted molar refractivity (Wildman–Crippen MR) is 40.5 cm³/mol. The van der Waals surface area contributed by atoms with Gasteiger partial charge in [0, 0.05) is 13.1 Å². The zero-order chi connectivity index (χ0) is 6.69. The number of carbonyl (C=O) groups excluding carboxylic acids is 1. The molecule has 1 fully saturated rings. The number of ether oxygens (including phenoxy) is 1. The van der Waals surface area contributed by atoms with Crippen LogP contribution in [0.1, 0.15) is 12.8 Å². The molecule has 1 amide bonds. The molecule has 0 atom stereocenters. The molecular formula is C6H12ClNO2. The topological polar surface area (TPSA) is 29.5 Å². The van der Waals surface area contributed by atoms with Crippen LogP contribution in [0.2, 0.25) is 0 Å². The van der Waals surface area contributed by atoms with Crippen molar-refractivity contribution in [3.8, 4) is 0 Å². The average Bonchev–Trinajstić information content (AvgIpc) is 2.37. The van der Waals surface area contributed by atoms with E-state index >= 15 is 0 Å². The molecule has 0 saturated carbocycles. The highest BCUT2D eigenvalue weighted by Crippen LogP contribution is 2.07. The summed E-state index contributed by atoms with van der Waals surface area (Å²) in [5.41, 5.74) is 0. The maximum absolute atomic E-state index is 10.7. The molecule has 0 aliphatic carbocycles. The summed E-state index contributed by atoms with van der Waals surface area (Å²) >= 11 is 0. The Hall–Kier alpha value is -0.440. The van der Waals surface area contributed by atoms with Gasteiger partial charge in [-0.1, -0.05) is 0 Å². The van der Waals surface area contributed by atoms with Crippen LogP contribution in [0.4, 0.5) is 4.79 Å². The van der Waals surface area contributed by atoms with Crippen LogP contribution >= 0.6 is 12.4 Å². The van der Waals surface area contributed by atoms with E-state index in [2.05, 4.69) is 4.74 Å². The lowest BCUT2D eigenvalue weighted by molar-refractivity contribution is 0.133. The first kappa shape index (κ1) is 9.56. The number of likely N-dealkylation sites (tertiary alicyclic amines) is 1. The van der Waals surface area contributed by atoms with Crippen LogP contribution in [0.5, 0.6) is 0 Å². The fraction of sp³-hybridized carbons (Fsp3) is 0.833. The van der Waals surface area contributed by atoms with Gasteiger partial charge in [-0.3, -0.25) is 0 Å². The first-order valence-corrected chi connectivity index (χ1v) is 3.17. The Bertz CT molecular complexity index is 112. The molecule has 1 heterocycles. The number of amides is 1. The van der Waals surface area contributed by atoms with Crippen molar-refractivity contribution < 1.29 is 9.53 Å². The standard InChI is InChI=1S/C6H11NO2.ClH/c1-9-6(8)7-4-2-3-5-7;/h2-5H2,1H3;1H. The van der Waals surface area contributed by atoms with Gasteiger partial charge in [-0.2, -0.15) is 0 Å². The molecule has 4 heteroatoms. The van der Waals surface area contributed by atoms with Crippen LogP contribution in [-0.4, -0.2) is 31.2 Å². The fourth-order valence-corrected chi connectivity index (χ4v) is 1.03. The fourth-order valence-electron chi connectivity index (χ4n) is 1.03. The summed E-state index contributed by atoms with van der Waals surface area (Å²) < 4.78 is 4.52. The quantitative estimate of drug-likeness (QED) is 0.541. The Morgan fingerprint density at radius 3 is 2.30 bits per heavy atom. The molecular weight excluding hydrogens is 154 g/mol. The smallest absolute Gasteiger partial charge is 0.409 e. The second-order valence-corrected chi connectivity index (χ2v) is 2.16. The number of hydrogen-bond acceptors (Lipinski definition) is 2. The molecule has 0 aromatic heterocycles. The highest BCUT2D eigenvalue weighted by atomic mass is 35.5. The molecule has 0 bridgehead atoms. The second-order valence-electron chi connectivity index (χ2n) is 2.16. The average molecular weight is 166 g/mol. The van der Waals surface area contributed by atoms with E-state index < -0.39 is 0 Å². The minimum Gasteiger partial charge on any atom is -0.453 e. The van der Waals surface area contributed by atoms with Crippen molar-refractivity contribution >= 4 is 18.5 Å². The Balaban J connectivity index is 0.000000810. The van der Waals surface area contributed by atoms with Gasteiger partial charge < -0.3 is 9.64 Å². The summed E-state index contributed by atoms with van der Waals surface area (Å²) in [6.07, 6.45) is 2.05. The second kappa shape index (κ2) is 4.39. The molecule has 60 valence electrons. The van der Waals surface area contributed by atoms with E-state index in [1.807, 2.05) is 0 Å². The zero-order valence-corrected chi connectivity index (χ0v) is 6.82. The molecule has 0 N–H and O–H groups in total. The Labute approximate surface area is 66.7 Å². The van der Waals surface area contributed by atoms with Gasteiger partial charge in [-0.25, -0.2) is 4.79 Å². The molecule has 0 aromatic rings. The summed E-state index contributed by atoms with van der Waals surface area (Å²) in [5.74, 6) is 0. The summed E-state index contributed by atoms with van der Waals surface area (Å²) in [4.78, 5) is 12.4. The number of nitrogens with zero attached hydrogens (tertiary/aromatic N) is 1. The maximum atomic E-state index is 10.7. The lowest BCUT2D eigenvalue weighted by Crippen LogP contribution is -2.27. The van der Waals surface area contributed by atoms with Gasteiger partial charge in [-0.15, -0.1) is 12.4 Å². The molecule has 0 aromatic carbocycles. The van der Waals surface area contributed by atoms with Crippen LogP contribution < -0.4 is 0 Å². The lowest BCUT2D eigenvalue weighted by Gasteiger charge is -2.11. The number of hydrogen-bond donors (Lipinski definition) is 0.